The minimum Gasteiger partial charge on any atom is -0.493 e. The SMILES string of the molecule is C.Cc1ccccc1OCCC(C)C. The quantitative estimate of drug-likeness (QED) is 0.702. The summed E-state index contributed by atoms with van der Waals surface area (Å²) >= 11 is 0. The Labute approximate surface area is 88.1 Å². The van der Waals surface area contributed by atoms with Crippen molar-refractivity contribution in [2.45, 2.75) is 34.6 Å². The molecule has 0 atom stereocenters. The van der Waals surface area contributed by atoms with Crippen LogP contribution in [0.4, 0.5) is 0 Å². The Hall–Kier alpha value is -0.980. The summed E-state index contributed by atoms with van der Waals surface area (Å²) in [5.41, 5.74) is 1.21. The van der Waals surface area contributed by atoms with E-state index in [0.717, 1.165) is 18.8 Å². The molecule has 0 amide bonds. The van der Waals surface area contributed by atoms with E-state index in [0.29, 0.717) is 5.92 Å². The highest BCUT2D eigenvalue weighted by atomic mass is 16.5. The molecule has 0 unspecified atom stereocenters. The van der Waals surface area contributed by atoms with Crippen LogP contribution in [0.3, 0.4) is 0 Å². The zero-order valence-electron chi connectivity index (χ0n) is 8.71. The van der Waals surface area contributed by atoms with Crippen LogP contribution in [-0.4, -0.2) is 6.61 Å². The fourth-order valence-electron chi connectivity index (χ4n) is 1.12. The summed E-state index contributed by atoms with van der Waals surface area (Å²) in [6, 6.07) is 8.14. The van der Waals surface area contributed by atoms with Gasteiger partial charge in [-0.25, -0.2) is 0 Å². The van der Waals surface area contributed by atoms with Crippen molar-refractivity contribution in [3.8, 4) is 5.75 Å². The van der Waals surface area contributed by atoms with Crippen molar-refractivity contribution in [2.75, 3.05) is 6.61 Å². The van der Waals surface area contributed by atoms with Crippen molar-refractivity contribution in [2.24, 2.45) is 5.92 Å². The summed E-state index contributed by atoms with van der Waals surface area (Å²) in [5.74, 6) is 1.73. The first-order valence-corrected chi connectivity index (χ1v) is 4.88. The van der Waals surface area contributed by atoms with E-state index in [9.17, 15) is 0 Å². The smallest absolute Gasteiger partial charge is 0.122 e. The topological polar surface area (TPSA) is 9.23 Å². The van der Waals surface area contributed by atoms with Gasteiger partial charge in [0.1, 0.15) is 5.75 Å². The standard InChI is InChI=1S/C12H18O.CH4/c1-10(2)8-9-13-12-7-5-4-6-11(12)3;/h4-7,10H,8-9H2,1-3H3;1H4. The van der Waals surface area contributed by atoms with Crippen LogP contribution >= 0.6 is 0 Å². The second kappa shape index (κ2) is 6.47. The van der Waals surface area contributed by atoms with E-state index in [1.54, 1.807) is 0 Å². The van der Waals surface area contributed by atoms with Crippen LogP contribution in [0, 0.1) is 12.8 Å². The van der Waals surface area contributed by atoms with E-state index in [-0.39, 0.29) is 7.43 Å². The molecule has 0 saturated carbocycles. The Kier molecular flexibility index (Phi) is 6.02. The van der Waals surface area contributed by atoms with Crippen LogP contribution in [0.5, 0.6) is 5.75 Å². The molecule has 80 valence electrons. The van der Waals surface area contributed by atoms with Gasteiger partial charge in [-0.2, -0.15) is 0 Å². The van der Waals surface area contributed by atoms with Crippen LogP contribution in [0.1, 0.15) is 33.3 Å². The highest BCUT2D eigenvalue weighted by molar-refractivity contribution is 5.31. The number of aryl methyl sites for hydroxylation is 1. The molecule has 0 fully saturated rings. The summed E-state index contributed by atoms with van der Waals surface area (Å²) < 4.78 is 5.65. The van der Waals surface area contributed by atoms with Crippen LogP contribution in [-0.2, 0) is 0 Å². The number of ether oxygens (including phenoxy) is 1. The first-order valence-electron chi connectivity index (χ1n) is 4.88. The Morgan fingerprint density at radius 1 is 1.21 bits per heavy atom. The van der Waals surface area contributed by atoms with Gasteiger partial charge in [0.25, 0.3) is 0 Å². The third-order valence-corrected chi connectivity index (χ3v) is 2.05. The van der Waals surface area contributed by atoms with Gasteiger partial charge in [-0.1, -0.05) is 39.5 Å². The van der Waals surface area contributed by atoms with E-state index in [4.69, 9.17) is 4.74 Å². The third-order valence-electron chi connectivity index (χ3n) is 2.05. The Bertz CT molecular complexity index is 253. The van der Waals surface area contributed by atoms with Crippen molar-refractivity contribution in [1.82, 2.24) is 0 Å². The normalized spacial score (nSPS) is 9.71. The Morgan fingerprint density at radius 2 is 1.86 bits per heavy atom. The molecular weight excluding hydrogens is 172 g/mol. The fraction of sp³-hybridized carbons (Fsp3) is 0.538. The van der Waals surface area contributed by atoms with Crippen LogP contribution in [0.15, 0.2) is 24.3 Å². The number of para-hydroxylation sites is 1. The first kappa shape index (κ1) is 13.0. The van der Waals surface area contributed by atoms with Crippen molar-refractivity contribution in [3.05, 3.63) is 29.8 Å². The summed E-state index contributed by atoms with van der Waals surface area (Å²) in [5, 5.41) is 0. The van der Waals surface area contributed by atoms with Crippen LogP contribution < -0.4 is 4.74 Å². The van der Waals surface area contributed by atoms with E-state index < -0.39 is 0 Å². The van der Waals surface area contributed by atoms with Gasteiger partial charge in [0.05, 0.1) is 6.61 Å². The van der Waals surface area contributed by atoms with Crippen molar-refractivity contribution in [3.63, 3.8) is 0 Å². The lowest BCUT2D eigenvalue weighted by atomic mass is 10.1. The molecule has 0 aliphatic carbocycles. The molecule has 0 aromatic heterocycles. The maximum atomic E-state index is 5.65. The number of rotatable bonds is 4. The Balaban J connectivity index is 0.00000169. The minimum atomic E-state index is 0. The second-order valence-corrected chi connectivity index (χ2v) is 3.80. The lowest BCUT2D eigenvalue weighted by molar-refractivity contribution is 0.288. The first-order chi connectivity index (χ1) is 6.20. The molecule has 1 aromatic carbocycles. The molecule has 0 spiro atoms. The number of benzene rings is 1. The molecular formula is C13H22O. The summed E-state index contributed by atoms with van der Waals surface area (Å²) in [7, 11) is 0. The fourth-order valence-corrected chi connectivity index (χ4v) is 1.12. The van der Waals surface area contributed by atoms with Crippen LogP contribution in [0.2, 0.25) is 0 Å². The van der Waals surface area contributed by atoms with E-state index in [1.807, 2.05) is 18.2 Å². The molecule has 0 saturated heterocycles. The number of hydrogen-bond donors (Lipinski definition) is 0. The molecule has 1 heteroatoms. The Morgan fingerprint density at radius 3 is 2.43 bits per heavy atom. The molecule has 0 aliphatic rings. The lowest BCUT2D eigenvalue weighted by Gasteiger charge is -2.09. The second-order valence-electron chi connectivity index (χ2n) is 3.80. The molecule has 0 aliphatic heterocycles. The maximum absolute atomic E-state index is 5.65. The van der Waals surface area contributed by atoms with Gasteiger partial charge in [-0.15, -0.1) is 0 Å². The van der Waals surface area contributed by atoms with Crippen molar-refractivity contribution < 1.29 is 4.74 Å². The van der Waals surface area contributed by atoms with E-state index in [2.05, 4.69) is 26.8 Å². The minimum absolute atomic E-state index is 0. The highest BCUT2D eigenvalue weighted by Gasteiger charge is 1.98. The highest BCUT2D eigenvalue weighted by Crippen LogP contribution is 2.16. The zero-order valence-corrected chi connectivity index (χ0v) is 8.71. The van der Waals surface area contributed by atoms with Crippen molar-refractivity contribution >= 4 is 0 Å². The molecule has 0 heterocycles. The summed E-state index contributed by atoms with van der Waals surface area (Å²) in [4.78, 5) is 0. The molecule has 0 bridgehead atoms. The summed E-state index contributed by atoms with van der Waals surface area (Å²) in [6.45, 7) is 7.32. The largest absolute Gasteiger partial charge is 0.493 e. The third kappa shape index (κ3) is 4.31. The number of hydrogen-bond acceptors (Lipinski definition) is 1. The predicted molar refractivity (Wildman–Crippen MR) is 62.9 cm³/mol. The average molecular weight is 194 g/mol. The zero-order chi connectivity index (χ0) is 9.68. The van der Waals surface area contributed by atoms with E-state index >= 15 is 0 Å². The molecule has 0 radical (unpaired) electrons. The molecule has 1 rings (SSSR count). The maximum Gasteiger partial charge on any atom is 0.122 e. The van der Waals surface area contributed by atoms with Gasteiger partial charge >= 0.3 is 0 Å². The van der Waals surface area contributed by atoms with Gasteiger partial charge in [-0.05, 0) is 30.9 Å². The van der Waals surface area contributed by atoms with Gasteiger partial charge in [0, 0.05) is 0 Å². The molecule has 1 nitrogen and oxygen atoms in total. The van der Waals surface area contributed by atoms with Gasteiger partial charge in [0.2, 0.25) is 0 Å². The molecule has 0 N–H and O–H groups in total. The van der Waals surface area contributed by atoms with Crippen LogP contribution in [0.25, 0.3) is 0 Å². The monoisotopic (exact) mass is 194 g/mol. The van der Waals surface area contributed by atoms with Gasteiger partial charge < -0.3 is 4.74 Å². The van der Waals surface area contributed by atoms with Gasteiger partial charge in [-0.3, -0.25) is 0 Å². The predicted octanol–water partition coefficient (Wildman–Crippen LogP) is 4.06. The van der Waals surface area contributed by atoms with Gasteiger partial charge in [0.15, 0.2) is 0 Å². The lowest BCUT2D eigenvalue weighted by Crippen LogP contribution is -2.02. The van der Waals surface area contributed by atoms with E-state index in [1.165, 1.54) is 5.56 Å². The molecule has 14 heavy (non-hydrogen) atoms. The summed E-state index contributed by atoms with van der Waals surface area (Å²) in [6.07, 6.45) is 1.12. The van der Waals surface area contributed by atoms with Crippen molar-refractivity contribution in [1.29, 1.82) is 0 Å². The average Bonchev–Trinajstić information content (AvgIpc) is 2.08. The molecule has 1 aromatic rings.